The van der Waals surface area contributed by atoms with Crippen molar-refractivity contribution in [1.82, 2.24) is 9.97 Å². The molecule has 1 aromatic heterocycles. The van der Waals surface area contributed by atoms with E-state index in [4.69, 9.17) is 9.47 Å². The number of benzene rings is 1. The van der Waals surface area contributed by atoms with E-state index in [-0.39, 0.29) is 5.88 Å². The van der Waals surface area contributed by atoms with E-state index in [1.807, 2.05) is 24.3 Å². The third-order valence-electron chi connectivity index (χ3n) is 2.83. The van der Waals surface area contributed by atoms with Gasteiger partial charge in [0.25, 0.3) is 0 Å². The fraction of sp³-hybridized carbons (Fsp3) is 0.286. The summed E-state index contributed by atoms with van der Waals surface area (Å²) >= 11 is 3.46. The summed E-state index contributed by atoms with van der Waals surface area (Å²) in [4.78, 5) is 8.28. The van der Waals surface area contributed by atoms with Crippen LogP contribution in [0.1, 0.15) is 17.4 Å². The standard InChI is InChI=1S/C14H15BrN2O3/c1-19-12-8-16-13(14(17-12)20-2)11(18)7-9-5-3-4-6-10(9)15/h3-6,8,11,18H,7H2,1-2H3. The minimum Gasteiger partial charge on any atom is -0.480 e. The van der Waals surface area contributed by atoms with Crippen LogP contribution in [0.5, 0.6) is 11.8 Å². The van der Waals surface area contributed by atoms with E-state index in [0.29, 0.717) is 18.0 Å². The van der Waals surface area contributed by atoms with Gasteiger partial charge in [0, 0.05) is 10.9 Å². The molecule has 0 saturated heterocycles. The fourth-order valence-corrected chi connectivity index (χ4v) is 2.26. The first-order chi connectivity index (χ1) is 9.65. The van der Waals surface area contributed by atoms with Crippen molar-refractivity contribution in [3.05, 3.63) is 46.2 Å². The highest BCUT2D eigenvalue weighted by Gasteiger charge is 2.18. The molecular formula is C14H15BrN2O3. The molecule has 0 amide bonds. The number of nitrogens with zero attached hydrogens (tertiary/aromatic N) is 2. The quantitative estimate of drug-likeness (QED) is 0.907. The van der Waals surface area contributed by atoms with E-state index < -0.39 is 6.10 Å². The second kappa shape index (κ2) is 6.67. The Morgan fingerprint density at radius 1 is 1.25 bits per heavy atom. The summed E-state index contributed by atoms with van der Waals surface area (Å²) in [5.41, 5.74) is 1.38. The molecule has 20 heavy (non-hydrogen) atoms. The van der Waals surface area contributed by atoms with E-state index in [0.717, 1.165) is 10.0 Å². The maximum absolute atomic E-state index is 10.3. The molecule has 1 unspecified atom stereocenters. The van der Waals surface area contributed by atoms with Crippen LogP contribution in [-0.4, -0.2) is 29.3 Å². The van der Waals surface area contributed by atoms with Crippen LogP contribution in [0.3, 0.4) is 0 Å². The summed E-state index contributed by atoms with van der Waals surface area (Å²) in [6.45, 7) is 0. The molecule has 106 valence electrons. The lowest BCUT2D eigenvalue weighted by molar-refractivity contribution is 0.166. The first-order valence-electron chi connectivity index (χ1n) is 6.02. The van der Waals surface area contributed by atoms with Crippen LogP contribution >= 0.6 is 15.9 Å². The number of halogens is 1. The Balaban J connectivity index is 2.25. The topological polar surface area (TPSA) is 64.5 Å². The van der Waals surface area contributed by atoms with Gasteiger partial charge in [-0.3, -0.25) is 0 Å². The Hall–Kier alpha value is -1.66. The first-order valence-corrected chi connectivity index (χ1v) is 6.81. The van der Waals surface area contributed by atoms with Crippen LogP contribution in [0, 0.1) is 0 Å². The molecular weight excluding hydrogens is 324 g/mol. The van der Waals surface area contributed by atoms with Gasteiger partial charge in [-0.1, -0.05) is 34.1 Å². The van der Waals surface area contributed by atoms with Gasteiger partial charge in [0.2, 0.25) is 11.8 Å². The van der Waals surface area contributed by atoms with Gasteiger partial charge in [0.05, 0.1) is 20.4 Å². The molecule has 0 fully saturated rings. The molecule has 0 aliphatic heterocycles. The monoisotopic (exact) mass is 338 g/mol. The molecule has 1 heterocycles. The Bertz CT molecular complexity index is 592. The zero-order valence-electron chi connectivity index (χ0n) is 11.2. The van der Waals surface area contributed by atoms with E-state index in [9.17, 15) is 5.11 Å². The molecule has 2 aromatic rings. The number of aliphatic hydroxyl groups is 1. The number of methoxy groups -OCH3 is 2. The van der Waals surface area contributed by atoms with Crippen molar-refractivity contribution in [2.45, 2.75) is 12.5 Å². The largest absolute Gasteiger partial charge is 0.480 e. The molecule has 0 aliphatic rings. The second-order valence-corrected chi connectivity index (χ2v) is 4.97. The average Bonchev–Trinajstić information content (AvgIpc) is 2.48. The number of hydrogen-bond acceptors (Lipinski definition) is 5. The highest BCUT2D eigenvalue weighted by Crippen LogP contribution is 2.28. The second-order valence-electron chi connectivity index (χ2n) is 4.12. The lowest BCUT2D eigenvalue weighted by Gasteiger charge is -2.14. The zero-order valence-corrected chi connectivity index (χ0v) is 12.8. The third kappa shape index (κ3) is 3.26. The van der Waals surface area contributed by atoms with Gasteiger partial charge in [0.15, 0.2) is 0 Å². The van der Waals surface area contributed by atoms with Gasteiger partial charge in [-0.25, -0.2) is 4.98 Å². The zero-order chi connectivity index (χ0) is 14.5. The minimum absolute atomic E-state index is 0.268. The highest BCUT2D eigenvalue weighted by molar-refractivity contribution is 9.10. The predicted octanol–water partition coefficient (Wildman–Crippen LogP) is 2.53. The third-order valence-corrected chi connectivity index (χ3v) is 3.61. The van der Waals surface area contributed by atoms with Crippen molar-refractivity contribution in [2.24, 2.45) is 0 Å². The van der Waals surface area contributed by atoms with Gasteiger partial charge in [-0.15, -0.1) is 0 Å². The predicted molar refractivity (Wildman–Crippen MR) is 77.9 cm³/mol. The lowest BCUT2D eigenvalue weighted by atomic mass is 10.1. The van der Waals surface area contributed by atoms with Gasteiger partial charge < -0.3 is 14.6 Å². The normalized spacial score (nSPS) is 12.0. The Labute approximate surface area is 125 Å². The van der Waals surface area contributed by atoms with Crippen molar-refractivity contribution in [3.63, 3.8) is 0 Å². The van der Waals surface area contributed by atoms with E-state index in [2.05, 4.69) is 25.9 Å². The molecule has 1 N–H and O–H groups in total. The van der Waals surface area contributed by atoms with Crippen LogP contribution in [0.2, 0.25) is 0 Å². The molecule has 0 saturated carbocycles. The van der Waals surface area contributed by atoms with Crippen molar-refractivity contribution in [1.29, 1.82) is 0 Å². The first kappa shape index (κ1) is 14.7. The minimum atomic E-state index is -0.804. The van der Waals surface area contributed by atoms with Gasteiger partial charge in [-0.2, -0.15) is 4.98 Å². The maximum Gasteiger partial charge on any atom is 0.241 e. The summed E-state index contributed by atoms with van der Waals surface area (Å²) < 4.78 is 11.1. The summed E-state index contributed by atoms with van der Waals surface area (Å²) in [5.74, 6) is 0.614. The molecule has 6 heteroatoms. The lowest BCUT2D eigenvalue weighted by Crippen LogP contribution is -2.08. The number of hydrogen-bond donors (Lipinski definition) is 1. The molecule has 5 nitrogen and oxygen atoms in total. The summed E-state index contributed by atoms with van der Waals surface area (Å²) in [7, 11) is 2.98. The van der Waals surface area contributed by atoms with Crippen LogP contribution in [-0.2, 0) is 6.42 Å². The maximum atomic E-state index is 10.3. The number of aliphatic hydroxyl groups excluding tert-OH is 1. The van der Waals surface area contributed by atoms with Gasteiger partial charge in [0.1, 0.15) is 11.8 Å². The summed E-state index contributed by atoms with van der Waals surface area (Å²) in [6, 6.07) is 7.72. The molecule has 0 spiro atoms. The van der Waals surface area contributed by atoms with E-state index in [1.165, 1.54) is 20.4 Å². The smallest absolute Gasteiger partial charge is 0.241 e. The van der Waals surface area contributed by atoms with Crippen LogP contribution in [0.15, 0.2) is 34.9 Å². The Morgan fingerprint density at radius 3 is 2.65 bits per heavy atom. The Morgan fingerprint density at radius 2 is 2.00 bits per heavy atom. The number of rotatable bonds is 5. The number of aromatic nitrogens is 2. The fourth-order valence-electron chi connectivity index (χ4n) is 1.81. The molecule has 0 aliphatic carbocycles. The van der Waals surface area contributed by atoms with E-state index >= 15 is 0 Å². The van der Waals surface area contributed by atoms with Gasteiger partial charge in [-0.05, 0) is 11.6 Å². The van der Waals surface area contributed by atoms with E-state index in [1.54, 1.807) is 0 Å². The van der Waals surface area contributed by atoms with Crippen molar-refractivity contribution < 1.29 is 14.6 Å². The molecule has 2 rings (SSSR count). The molecule has 1 atom stereocenters. The molecule has 0 bridgehead atoms. The van der Waals surface area contributed by atoms with Crippen molar-refractivity contribution in [2.75, 3.05) is 14.2 Å². The average molecular weight is 339 g/mol. The molecule has 1 aromatic carbocycles. The van der Waals surface area contributed by atoms with Crippen LogP contribution in [0.25, 0.3) is 0 Å². The summed E-state index contributed by atoms with van der Waals surface area (Å²) in [5, 5.41) is 10.3. The van der Waals surface area contributed by atoms with Crippen LogP contribution in [0.4, 0.5) is 0 Å². The Kier molecular flexibility index (Phi) is 4.92. The number of ether oxygens (including phenoxy) is 2. The van der Waals surface area contributed by atoms with Crippen molar-refractivity contribution in [3.8, 4) is 11.8 Å². The van der Waals surface area contributed by atoms with Crippen molar-refractivity contribution >= 4 is 15.9 Å². The summed E-state index contributed by atoms with van der Waals surface area (Å²) in [6.07, 6.45) is 1.07. The SMILES string of the molecule is COc1cnc(C(O)Cc2ccccc2Br)c(OC)n1. The molecule has 0 radical (unpaired) electrons. The highest BCUT2D eigenvalue weighted by atomic mass is 79.9. The van der Waals surface area contributed by atoms with Gasteiger partial charge >= 0.3 is 0 Å². The van der Waals surface area contributed by atoms with Crippen LogP contribution < -0.4 is 9.47 Å².